The molecule has 0 bridgehead atoms. The fourth-order valence-corrected chi connectivity index (χ4v) is 3.31. The lowest BCUT2D eigenvalue weighted by atomic mass is 10.0. The van der Waals surface area contributed by atoms with Crippen molar-refractivity contribution in [3.8, 4) is 0 Å². The molecule has 4 rings (SSSR count). The summed E-state index contributed by atoms with van der Waals surface area (Å²) in [6, 6.07) is 38.7. The molecule has 0 aromatic heterocycles. The van der Waals surface area contributed by atoms with Crippen LogP contribution in [0.15, 0.2) is 109 Å². The summed E-state index contributed by atoms with van der Waals surface area (Å²) in [5.74, 6) is 0. The van der Waals surface area contributed by atoms with Gasteiger partial charge >= 0.3 is 0 Å². The number of hydrogen-bond acceptors (Lipinski definition) is 1. The monoisotopic (exact) mass is 349 g/mol. The van der Waals surface area contributed by atoms with Crippen molar-refractivity contribution in [2.75, 3.05) is 4.90 Å². The molecule has 0 aliphatic rings. The van der Waals surface area contributed by atoms with Crippen LogP contribution in [0.4, 0.5) is 17.1 Å². The number of nitrogens with zero attached hydrogens (tertiary/aromatic N) is 1. The lowest BCUT2D eigenvalue weighted by molar-refractivity contribution is 1.18. The lowest BCUT2D eigenvalue weighted by Gasteiger charge is -2.25. The molecule has 1 nitrogen and oxygen atoms in total. The summed E-state index contributed by atoms with van der Waals surface area (Å²) in [7, 11) is 0. The van der Waals surface area contributed by atoms with Crippen LogP contribution in [0.5, 0.6) is 0 Å². The first kappa shape index (κ1) is 17.1. The van der Waals surface area contributed by atoms with E-state index in [-0.39, 0.29) is 0 Å². The van der Waals surface area contributed by atoms with Gasteiger partial charge in [0.25, 0.3) is 0 Å². The number of para-hydroxylation sites is 1. The van der Waals surface area contributed by atoms with Gasteiger partial charge in [0.2, 0.25) is 0 Å². The first-order valence-electron chi connectivity index (χ1n) is 9.34. The van der Waals surface area contributed by atoms with Gasteiger partial charge in [0.1, 0.15) is 0 Å². The largest absolute Gasteiger partial charge is 0.311 e. The summed E-state index contributed by atoms with van der Waals surface area (Å²) in [5, 5.41) is 0. The van der Waals surface area contributed by atoms with Crippen molar-refractivity contribution >= 4 is 17.1 Å². The zero-order valence-electron chi connectivity index (χ0n) is 15.5. The first-order chi connectivity index (χ1) is 13.3. The standard InChI is InChI=1S/C26H23N/c1-21-12-16-25(17-13-21)27(24-10-6-3-7-11-24)26-18-14-23(15-19-26)20-22-8-4-2-5-9-22/h2-19H,20H2,1H3. The molecule has 132 valence electrons. The Labute approximate surface area is 161 Å². The quantitative estimate of drug-likeness (QED) is 0.373. The van der Waals surface area contributed by atoms with Crippen LogP contribution in [-0.4, -0.2) is 0 Å². The molecule has 4 aromatic rings. The van der Waals surface area contributed by atoms with Crippen LogP contribution in [0.1, 0.15) is 16.7 Å². The van der Waals surface area contributed by atoms with E-state index in [4.69, 9.17) is 0 Å². The zero-order chi connectivity index (χ0) is 18.5. The van der Waals surface area contributed by atoms with E-state index in [1.165, 1.54) is 28.1 Å². The Morgan fingerprint density at radius 2 is 0.926 bits per heavy atom. The van der Waals surface area contributed by atoms with Crippen LogP contribution >= 0.6 is 0 Å². The Balaban J connectivity index is 1.67. The predicted octanol–water partition coefficient (Wildman–Crippen LogP) is 7.06. The van der Waals surface area contributed by atoms with Crippen molar-refractivity contribution in [3.63, 3.8) is 0 Å². The highest BCUT2D eigenvalue weighted by atomic mass is 15.1. The number of anilines is 3. The average molecular weight is 349 g/mol. The molecule has 0 atom stereocenters. The smallest absolute Gasteiger partial charge is 0.0461 e. The zero-order valence-corrected chi connectivity index (χ0v) is 15.5. The Bertz CT molecular complexity index is 972. The van der Waals surface area contributed by atoms with Crippen LogP contribution in [0.2, 0.25) is 0 Å². The third-order valence-corrected chi connectivity index (χ3v) is 4.75. The summed E-state index contributed by atoms with van der Waals surface area (Å²) in [6.45, 7) is 2.12. The van der Waals surface area contributed by atoms with E-state index >= 15 is 0 Å². The van der Waals surface area contributed by atoms with Gasteiger partial charge in [-0.25, -0.2) is 0 Å². The second-order valence-corrected chi connectivity index (χ2v) is 6.84. The van der Waals surface area contributed by atoms with Crippen LogP contribution in [0.3, 0.4) is 0 Å². The highest BCUT2D eigenvalue weighted by Gasteiger charge is 2.11. The van der Waals surface area contributed by atoms with Crippen molar-refractivity contribution in [1.82, 2.24) is 0 Å². The molecule has 0 heterocycles. The van der Waals surface area contributed by atoms with Crippen molar-refractivity contribution in [2.45, 2.75) is 13.3 Å². The third-order valence-electron chi connectivity index (χ3n) is 4.75. The van der Waals surface area contributed by atoms with E-state index in [1.807, 2.05) is 0 Å². The highest BCUT2D eigenvalue weighted by molar-refractivity contribution is 5.76. The summed E-state index contributed by atoms with van der Waals surface area (Å²) < 4.78 is 0. The molecule has 0 amide bonds. The maximum atomic E-state index is 2.30. The van der Waals surface area contributed by atoms with Gasteiger partial charge in [0.15, 0.2) is 0 Å². The molecule has 0 aliphatic heterocycles. The van der Waals surface area contributed by atoms with E-state index in [0.717, 1.165) is 12.1 Å². The van der Waals surface area contributed by atoms with Crippen LogP contribution in [0.25, 0.3) is 0 Å². The molecule has 0 N–H and O–H groups in total. The molecule has 4 aromatic carbocycles. The Kier molecular flexibility index (Phi) is 5.02. The normalized spacial score (nSPS) is 10.6. The van der Waals surface area contributed by atoms with Crippen molar-refractivity contribution in [2.24, 2.45) is 0 Å². The number of hydrogen-bond donors (Lipinski definition) is 0. The molecule has 0 radical (unpaired) electrons. The minimum absolute atomic E-state index is 0.955. The van der Waals surface area contributed by atoms with Gasteiger partial charge in [-0.05, 0) is 60.9 Å². The molecular weight excluding hydrogens is 326 g/mol. The second-order valence-electron chi connectivity index (χ2n) is 6.84. The van der Waals surface area contributed by atoms with E-state index in [9.17, 15) is 0 Å². The van der Waals surface area contributed by atoms with Crippen LogP contribution < -0.4 is 4.90 Å². The van der Waals surface area contributed by atoms with Gasteiger partial charge in [-0.3, -0.25) is 0 Å². The Hall–Kier alpha value is -3.32. The van der Waals surface area contributed by atoms with Crippen LogP contribution in [-0.2, 0) is 6.42 Å². The van der Waals surface area contributed by atoms with Crippen molar-refractivity contribution in [1.29, 1.82) is 0 Å². The minimum Gasteiger partial charge on any atom is -0.311 e. The van der Waals surface area contributed by atoms with Gasteiger partial charge in [-0.1, -0.05) is 78.4 Å². The third kappa shape index (κ3) is 4.09. The molecule has 1 heteroatoms. The minimum atomic E-state index is 0.955. The van der Waals surface area contributed by atoms with E-state index in [1.54, 1.807) is 0 Å². The SMILES string of the molecule is Cc1ccc(N(c2ccccc2)c2ccc(Cc3ccccc3)cc2)cc1. The molecule has 0 spiro atoms. The molecule has 0 saturated heterocycles. The summed E-state index contributed by atoms with van der Waals surface area (Å²) >= 11 is 0. The molecule has 27 heavy (non-hydrogen) atoms. The Morgan fingerprint density at radius 1 is 0.481 bits per heavy atom. The topological polar surface area (TPSA) is 3.24 Å². The number of benzene rings is 4. The summed E-state index contributed by atoms with van der Waals surface area (Å²) in [5.41, 5.74) is 7.43. The Morgan fingerprint density at radius 3 is 1.52 bits per heavy atom. The van der Waals surface area contributed by atoms with E-state index < -0.39 is 0 Å². The molecule has 0 saturated carbocycles. The summed E-state index contributed by atoms with van der Waals surface area (Å²) in [4.78, 5) is 2.30. The molecule has 0 fully saturated rings. The van der Waals surface area contributed by atoms with Gasteiger partial charge in [0.05, 0.1) is 0 Å². The van der Waals surface area contributed by atoms with E-state index in [0.29, 0.717) is 0 Å². The molecule has 0 unspecified atom stereocenters. The number of rotatable bonds is 5. The number of aryl methyl sites for hydroxylation is 1. The predicted molar refractivity (Wildman–Crippen MR) is 115 cm³/mol. The maximum absolute atomic E-state index is 2.30. The lowest BCUT2D eigenvalue weighted by Crippen LogP contribution is -2.09. The first-order valence-corrected chi connectivity index (χ1v) is 9.34. The van der Waals surface area contributed by atoms with Crippen LogP contribution in [0, 0.1) is 6.92 Å². The fourth-order valence-electron chi connectivity index (χ4n) is 3.31. The highest BCUT2D eigenvalue weighted by Crippen LogP contribution is 2.34. The molecule has 0 aliphatic carbocycles. The molecular formula is C26H23N. The second kappa shape index (κ2) is 7.92. The fraction of sp³-hybridized carbons (Fsp3) is 0.0769. The van der Waals surface area contributed by atoms with Crippen molar-refractivity contribution in [3.05, 3.63) is 126 Å². The average Bonchev–Trinajstić information content (AvgIpc) is 2.73. The summed E-state index contributed by atoms with van der Waals surface area (Å²) in [6.07, 6.45) is 0.955. The van der Waals surface area contributed by atoms with E-state index in [2.05, 4.69) is 121 Å². The van der Waals surface area contributed by atoms with Gasteiger partial charge in [0, 0.05) is 17.1 Å². The van der Waals surface area contributed by atoms with Gasteiger partial charge in [-0.2, -0.15) is 0 Å². The maximum Gasteiger partial charge on any atom is 0.0461 e. The van der Waals surface area contributed by atoms with Gasteiger partial charge in [-0.15, -0.1) is 0 Å². The van der Waals surface area contributed by atoms with Gasteiger partial charge < -0.3 is 4.90 Å². The van der Waals surface area contributed by atoms with Crippen molar-refractivity contribution < 1.29 is 0 Å².